The first-order valence-corrected chi connectivity index (χ1v) is 7.33. The van der Waals surface area contributed by atoms with Gasteiger partial charge in [0, 0.05) is 26.2 Å². The highest BCUT2D eigenvalue weighted by molar-refractivity contribution is 6.31. The van der Waals surface area contributed by atoms with Crippen LogP contribution in [0.2, 0.25) is 5.02 Å². The van der Waals surface area contributed by atoms with Crippen molar-refractivity contribution in [1.29, 1.82) is 0 Å². The van der Waals surface area contributed by atoms with E-state index in [4.69, 9.17) is 11.6 Å². The maximum Gasteiger partial charge on any atom is 0.228 e. The van der Waals surface area contributed by atoms with Crippen LogP contribution in [0.25, 0.3) is 11.0 Å². The first-order valence-electron chi connectivity index (χ1n) is 6.95. The van der Waals surface area contributed by atoms with E-state index in [1.807, 2.05) is 42.8 Å². The van der Waals surface area contributed by atoms with E-state index in [0.29, 0.717) is 23.9 Å². The Morgan fingerprint density at radius 2 is 2.14 bits per heavy atom. The first kappa shape index (κ1) is 14.6. The first-order chi connectivity index (χ1) is 10.5. The average Bonchev–Trinajstić information content (AvgIpc) is 2.98. The van der Waals surface area contributed by atoms with Crippen molar-refractivity contribution < 1.29 is 4.79 Å². The largest absolute Gasteiger partial charge is 0.313 e. The Labute approximate surface area is 132 Å². The second kappa shape index (κ2) is 5.81. The summed E-state index contributed by atoms with van der Waals surface area (Å²) in [7, 11) is 1.88. The number of aryl methyl sites for hydroxylation is 3. The number of nitrogens with one attached hydrogen (secondary N) is 1. The van der Waals surface area contributed by atoms with E-state index >= 15 is 0 Å². The number of hydrogen-bond donors (Lipinski definition) is 1. The summed E-state index contributed by atoms with van der Waals surface area (Å²) in [6, 6.07) is 7.75. The molecular formula is C15H16ClN5O. The number of carbonyl (C=O) groups is 1. The van der Waals surface area contributed by atoms with Crippen molar-refractivity contribution in [3.8, 4) is 0 Å². The lowest BCUT2D eigenvalue weighted by Gasteiger charge is -2.05. The summed E-state index contributed by atoms with van der Waals surface area (Å²) in [6.07, 6.45) is 2.03. The molecule has 1 aromatic carbocycles. The number of benzene rings is 1. The van der Waals surface area contributed by atoms with Gasteiger partial charge in [0.2, 0.25) is 11.9 Å². The van der Waals surface area contributed by atoms with E-state index in [9.17, 15) is 4.79 Å². The molecule has 3 aromatic rings. The van der Waals surface area contributed by atoms with Crippen LogP contribution in [0.5, 0.6) is 0 Å². The van der Waals surface area contributed by atoms with Gasteiger partial charge in [-0.15, -0.1) is 0 Å². The van der Waals surface area contributed by atoms with Crippen molar-refractivity contribution in [2.75, 3.05) is 5.32 Å². The van der Waals surface area contributed by atoms with Gasteiger partial charge in [-0.1, -0.05) is 23.7 Å². The number of imidazole rings is 1. The Kier molecular flexibility index (Phi) is 3.85. The number of anilines is 1. The van der Waals surface area contributed by atoms with Crippen LogP contribution in [0.15, 0.2) is 30.5 Å². The van der Waals surface area contributed by atoms with Crippen molar-refractivity contribution >= 4 is 34.5 Å². The molecule has 6 nitrogen and oxygen atoms in total. The normalized spacial score (nSPS) is 11.0. The monoisotopic (exact) mass is 317 g/mol. The lowest BCUT2D eigenvalue weighted by Crippen LogP contribution is -2.17. The van der Waals surface area contributed by atoms with Crippen LogP contribution in [0, 0.1) is 6.92 Å². The molecule has 2 aromatic heterocycles. The van der Waals surface area contributed by atoms with Gasteiger partial charge in [-0.25, -0.2) is 4.98 Å². The molecule has 1 amide bonds. The Morgan fingerprint density at radius 1 is 1.36 bits per heavy atom. The van der Waals surface area contributed by atoms with Crippen LogP contribution >= 0.6 is 11.6 Å². The number of hydrogen-bond acceptors (Lipinski definition) is 3. The van der Waals surface area contributed by atoms with E-state index in [1.54, 1.807) is 10.9 Å². The minimum Gasteiger partial charge on any atom is -0.313 e. The van der Waals surface area contributed by atoms with E-state index < -0.39 is 0 Å². The fraction of sp³-hybridized carbons (Fsp3) is 0.267. The second-order valence-corrected chi connectivity index (χ2v) is 5.51. The van der Waals surface area contributed by atoms with Crippen LogP contribution in [0.1, 0.15) is 12.1 Å². The Hall–Kier alpha value is -2.34. The lowest BCUT2D eigenvalue weighted by atomic mass is 10.3. The number of carbonyl (C=O) groups excluding carboxylic acids is 1. The molecule has 114 valence electrons. The number of nitrogens with zero attached hydrogens (tertiary/aromatic N) is 4. The quantitative estimate of drug-likeness (QED) is 0.804. The van der Waals surface area contributed by atoms with Crippen LogP contribution in [-0.4, -0.2) is 25.2 Å². The number of rotatable bonds is 4. The van der Waals surface area contributed by atoms with Gasteiger partial charge in [0.25, 0.3) is 0 Å². The lowest BCUT2D eigenvalue weighted by molar-refractivity contribution is -0.116. The zero-order valence-electron chi connectivity index (χ0n) is 12.4. The van der Waals surface area contributed by atoms with Crippen molar-refractivity contribution in [2.45, 2.75) is 19.9 Å². The number of halogens is 1. The minimum atomic E-state index is -0.109. The molecule has 0 aliphatic rings. The molecule has 0 unspecified atom stereocenters. The molecule has 0 radical (unpaired) electrons. The van der Waals surface area contributed by atoms with Gasteiger partial charge in [-0.05, 0) is 19.1 Å². The SMILES string of the molecule is Cc1nn(CCC(=O)Nc2nc3ccccc3n2C)cc1Cl. The van der Waals surface area contributed by atoms with Crippen LogP contribution in [-0.2, 0) is 18.4 Å². The molecule has 0 atom stereocenters. The third-order valence-electron chi connectivity index (χ3n) is 3.49. The van der Waals surface area contributed by atoms with Crippen LogP contribution < -0.4 is 5.32 Å². The maximum absolute atomic E-state index is 12.1. The molecule has 22 heavy (non-hydrogen) atoms. The second-order valence-electron chi connectivity index (χ2n) is 5.11. The van der Waals surface area contributed by atoms with Gasteiger partial charge in [0.15, 0.2) is 0 Å². The summed E-state index contributed by atoms with van der Waals surface area (Å²) < 4.78 is 3.54. The molecule has 0 bridgehead atoms. The third-order valence-corrected chi connectivity index (χ3v) is 3.86. The van der Waals surface area contributed by atoms with Gasteiger partial charge in [-0.3, -0.25) is 14.8 Å². The fourth-order valence-electron chi connectivity index (χ4n) is 2.27. The predicted molar refractivity (Wildman–Crippen MR) is 85.9 cm³/mol. The summed E-state index contributed by atoms with van der Waals surface area (Å²) in [5.41, 5.74) is 2.60. The number of amides is 1. The number of aromatic nitrogens is 4. The highest BCUT2D eigenvalue weighted by Crippen LogP contribution is 2.17. The van der Waals surface area contributed by atoms with E-state index in [0.717, 1.165) is 16.7 Å². The molecule has 7 heteroatoms. The summed E-state index contributed by atoms with van der Waals surface area (Å²) in [4.78, 5) is 16.5. The Morgan fingerprint density at radius 3 is 2.82 bits per heavy atom. The topological polar surface area (TPSA) is 64.7 Å². The highest BCUT2D eigenvalue weighted by atomic mass is 35.5. The maximum atomic E-state index is 12.1. The predicted octanol–water partition coefficient (Wildman–Crippen LogP) is 2.76. The Bertz CT molecular complexity index is 816. The van der Waals surface area contributed by atoms with Crippen LogP contribution in [0.4, 0.5) is 5.95 Å². The zero-order chi connectivity index (χ0) is 15.7. The molecule has 0 saturated heterocycles. The highest BCUT2D eigenvalue weighted by Gasteiger charge is 2.11. The minimum absolute atomic E-state index is 0.109. The summed E-state index contributed by atoms with van der Waals surface area (Å²) in [6.45, 7) is 2.31. The molecule has 0 aliphatic heterocycles. The average molecular weight is 318 g/mol. The van der Waals surface area contributed by atoms with E-state index in [-0.39, 0.29) is 5.91 Å². The number of para-hydroxylation sites is 2. The smallest absolute Gasteiger partial charge is 0.228 e. The summed E-state index contributed by atoms with van der Waals surface area (Å²) >= 11 is 5.94. The molecule has 0 saturated carbocycles. The number of fused-ring (bicyclic) bond motifs is 1. The van der Waals surface area contributed by atoms with E-state index in [1.165, 1.54) is 0 Å². The zero-order valence-corrected chi connectivity index (χ0v) is 13.1. The molecule has 0 aliphatic carbocycles. The fourth-order valence-corrected chi connectivity index (χ4v) is 2.42. The van der Waals surface area contributed by atoms with Gasteiger partial charge in [-0.2, -0.15) is 5.10 Å². The van der Waals surface area contributed by atoms with Gasteiger partial charge in [0.05, 0.1) is 21.7 Å². The van der Waals surface area contributed by atoms with Gasteiger partial charge in [0.1, 0.15) is 0 Å². The standard InChI is InChI=1S/C15H16ClN5O/c1-10-11(16)9-21(19-10)8-7-14(22)18-15-17-12-5-3-4-6-13(12)20(15)2/h3-6,9H,7-8H2,1-2H3,(H,17,18,22). The van der Waals surface area contributed by atoms with Gasteiger partial charge >= 0.3 is 0 Å². The van der Waals surface area contributed by atoms with Crippen molar-refractivity contribution in [3.63, 3.8) is 0 Å². The van der Waals surface area contributed by atoms with Crippen LogP contribution in [0.3, 0.4) is 0 Å². The molecule has 0 fully saturated rings. The summed E-state index contributed by atoms with van der Waals surface area (Å²) in [5.74, 6) is 0.434. The third kappa shape index (κ3) is 2.82. The Balaban J connectivity index is 1.66. The van der Waals surface area contributed by atoms with Crippen molar-refractivity contribution in [3.05, 3.63) is 41.2 Å². The van der Waals surface area contributed by atoms with Gasteiger partial charge < -0.3 is 4.57 Å². The van der Waals surface area contributed by atoms with Crippen molar-refractivity contribution in [1.82, 2.24) is 19.3 Å². The molecule has 1 N–H and O–H groups in total. The molecule has 3 rings (SSSR count). The summed E-state index contributed by atoms with van der Waals surface area (Å²) in [5, 5.41) is 7.66. The van der Waals surface area contributed by atoms with E-state index in [2.05, 4.69) is 15.4 Å². The molecule has 2 heterocycles. The van der Waals surface area contributed by atoms with Crippen molar-refractivity contribution in [2.24, 2.45) is 7.05 Å². The molecule has 0 spiro atoms. The molecular weight excluding hydrogens is 302 g/mol.